The summed E-state index contributed by atoms with van der Waals surface area (Å²) in [5.74, 6) is 0. The average Bonchev–Trinajstić information content (AvgIpc) is 2.27. The Balaban J connectivity index is 2.94. The van der Waals surface area contributed by atoms with Crippen molar-refractivity contribution in [3.63, 3.8) is 0 Å². The molecule has 1 rings (SSSR count). The van der Waals surface area contributed by atoms with Crippen LogP contribution < -0.4 is 5.32 Å². The van der Waals surface area contributed by atoms with Gasteiger partial charge in [-0.15, -0.1) is 0 Å². The Kier molecular flexibility index (Phi) is 4.13. The Morgan fingerprint density at radius 3 is 2.81 bits per heavy atom. The lowest BCUT2D eigenvalue weighted by atomic mass is 10.1. The van der Waals surface area contributed by atoms with Gasteiger partial charge in [-0.25, -0.2) is 4.79 Å². The summed E-state index contributed by atoms with van der Waals surface area (Å²) in [5.41, 5.74) is 1.27. The lowest BCUT2D eigenvalue weighted by Gasteiger charge is -2.12. The van der Waals surface area contributed by atoms with Crippen LogP contribution in [0.2, 0.25) is 0 Å². The molecule has 0 heterocycles. The Labute approximate surface area is 97.3 Å². The summed E-state index contributed by atoms with van der Waals surface area (Å²) in [4.78, 5) is 10.5. The summed E-state index contributed by atoms with van der Waals surface area (Å²) in [5, 5.41) is 22.2. The Hall–Kier alpha value is -1.75. The van der Waals surface area contributed by atoms with Crippen LogP contribution in [-0.2, 0) is 0 Å². The molecule has 0 aliphatic rings. The quantitative estimate of drug-likeness (QED) is 0.432. The van der Waals surface area contributed by atoms with Crippen molar-refractivity contribution in [3.05, 3.63) is 35.4 Å². The van der Waals surface area contributed by atoms with E-state index in [1.54, 1.807) is 31.2 Å². The van der Waals surface area contributed by atoms with Gasteiger partial charge in [-0.3, -0.25) is 0 Å². The fourth-order valence-electron chi connectivity index (χ4n) is 1.26. The number of hydrogen-bond donors (Lipinski definition) is 3. The minimum Gasteiger partial charge on any atom is -0.465 e. The first kappa shape index (κ1) is 12.3. The molecule has 6 heteroatoms. The highest BCUT2D eigenvalue weighted by atomic mass is 35.5. The molecule has 0 aromatic heterocycles. The van der Waals surface area contributed by atoms with Gasteiger partial charge in [-0.1, -0.05) is 35.0 Å². The molecule has 1 aromatic rings. The molecule has 0 saturated heterocycles. The SMILES string of the molecule is CC(NC(=O)O)c1cccc(/C(Cl)=N\O)c1. The van der Waals surface area contributed by atoms with E-state index in [0.717, 1.165) is 5.56 Å². The number of rotatable bonds is 3. The molecule has 0 saturated carbocycles. The van der Waals surface area contributed by atoms with Gasteiger partial charge in [-0.2, -0.15) is 0 Å². The predicted molar refractivity (Wildman–Crippen MR) is 60.2 cm³/mol. The Morgan fingerprint density at radius 1 is 1.56 bits per heavy atom. The van der Waals surface area contributed by atoms with Crippen LogP contribution in [0.25, 0.3) is 0 Å². The molecule has 5 nitrogen and oxygen atoms in total. The largest absolute Gasteiger partial charge is 0.465 e. The fraction of sp³-hybridized carbons (Fsp3) is 0.200. The van der Waals surface area contributed by atoms with Crippen LogP contribution in [0.1, 0.15) is 24.1 Å². The van der Waals surface area contributed by atoms with Crippen LogP contribution >= 0.6 is 11.6 Å². The summed E-state index contributed by atoms with van der Waals surface area (Å²) in [6.45, 7) is 1.71. The standard InChI is InChI=1S/C10H11ClN2O3/c1-6(12-10(14)15)7-3-2-4-8(5-7)9(11)13-16/h2-6,12,16H,1H3,(H,14,15)/b13-9+. The highest BCUT2D eigenvalue weighted by Gasteiger charge is 2.09. The summed E-state index contributed by atoms with van der Waals surface area (Å²) in [6.07, 6.45) is -1.10. The van der Waals surface area contributed by atoms with E-state index >= 15 is 0 Å². The second-order valence-electron chi connectivity index (χ2n) is 3.19. The average molecular weight is 243 g/mol. The molecule has 0 bridgehead atoms. The second kappa shape index (κ2) is 5.37. The monoisotopic (exact) mass is 242 g/mol. The molecular weight excluding hydrogens is 232 g/mol. The van der Waals surface area contributed by atoms with Gasteiger partial charge in [0.05, 0.1) is 6.04 Å². The van der Waals surface area contributed by atoms with Gasteiger partial charge in [0.15, 0.2) is 5.17 Å². The van der Waals surface area contributed by atoms with E-state index in [1.165, 1.54) is 0 Å². The number of oxime groups is 1. The molecule has 1 atom stereocenters. The number of hydrogen-bond acceptors (Lipinski definition) is 3. The third-order valence-corrected chi connectivity index (χ3v) is 2.35. The van der Waals surface area contributed by atoms with E-state index < -0.39 is 6.09 Å². The number of benzene rings is 1. The second-order valence-corrected chi connectivity index (χ2v) is 3.55. The molecule has 16 heavy (non-hydrogen) atoms. The maximum atomic E-state index is 10.5. The number of carboxylic acid groups (broad SMARTS) is 1. The van der Waals surface area contributed by atoms with Gasteiger partial charge >= 0.3 is 6.09 Å². The zero-order valence-corrected chi connectivity index (χ0v) is 9.27. The third kappa shape index (κ3) is 3.13. The first-order valence-electron chi connectivity index (χ1n) is 4.52. The molecular formula is C10H11ClN2O3. The number of halogens is 1. The number of nitrogens with zero attached hydrogens (tertiary/aromatic N) is 1. The smallest absolute Gasteiger partial charge is 0.405 e. The minimum absolute atomic E-state index is 0.0376. The van der Waals surface area contributed by atoms with Crippen molar-refractivity contribution >= 4 is 22.9 Å². The molecule has 1 aromatic carbocycles. The molecule has 3 N–H and O–H groups in total. The van der Waals surface area contributed by atoms with Crippen molar-refractivity contribution in [2.45, 2.75) is 13.0 Å². The van der Waals surface area contributed by atoms with E-state index in [1.807, 2.05) is 0 Å². The normalized spacial score (nSPS) is 13.2. The fourth-order valence-corrected chi connectivity index (χ4v) is 1.38. The number of amides is 1. The number of carbonyl (C=O) groups is 1. The molecule has 1 amide bonds. The third-order valence-electron chi connectivity index (χ3n) is 2.05. The van der Waals surface area contributed by atoms with Crippen molar-refractivity contribution in [3.8, 4) is 0 Å². The minimum atomic E-state index is -1.10. The van der Waals surface area contributed by atoms with E-state index in [9.17, 15) is 4.79 Å². The maximum absolute atomic E-state index is 10.5. The van der Waals surface area contributed by atoms with Crippen molar-refractivity contribution in [1.82, 2.24) is 5.32 Å². The van der Waals surface area contributed by atoms with Gasteiger partial charge in [0.1, 0.15) is 0 Å². The van der Waals surface area contributed by atoms with Crippen molar-refractivity contribution in [1.29, 1.82) is 0 Å². The highest BCUT2D eigenvalue weighted by molar-refractivity contribution is 6.69. The zero-order valence-electron chi connectivity index (χ0n) is 8.51. The van der Waals surface area contributed by atoms with Gasteiger partial charge in [-0.05, 0) is 18.6 Å². The molecule has 0 aliphatic heterocycles. The van der Waals surface area contributed by atoms with Crippen LogP contribution in [-0.4, -0.2) is 21.6 Å². The molecule has 0 fully saturated rings. The van der Waals surface area contributed by atoms with Crippen LogP contribution in [0.15, 0.2) is 29.4 Å². The van der Waals surface area contributed by atoms with Crippen molar-refractivity contribution in [2.75, 3.05) is 0 Å². The predicted octanol–water partition coefficient (Wildman–Crippen LogP) is 2.39. The van der Waals surface area contributed by atoms with Crippen LogP contribution in [0.5, 0.6) is 0 Å². The number of nitrogens with one attached hydrogen (secondary N) is 1. The Bertz CT molecular complexity index is 420. The highest BCUT2D eigenvalue weighted by Crippen LogP contribution is 2.15. The van der Waals surface area contributed by atoms with Crippen LogP contribution in [0, 0.1) is 0 Å². The van der Waals surface area contributed by atoms with Crippen LogP contribution in [0.3, 0.4) is 0 Å². The van der Waals surface area contributed by atoms with Crippen molar-refractivity contribution in [2.24, 2.45) is 5.16 Å². The van der Waals surface area contributed by atoms with E-state index in [-0.39, 0.29) is 11.2 Å². The molecule has 0 spiro atoms. The van der Waals surface area contributed by atoms with E-state index in [4.69, 9.17) is 21.9 Å². The Morgan fingerprint density at radius 2 is 2.25 bits per heavy atom. The molecule has 0 aliphatic carbocycles. The molecule has 1 unspecified atom stereocenters. The maximum Gasteiger partial charge on any atom is 0.405 e. The van der Waals surface area contributed by atoms with E-state index in [0.29, 0.717) is 5.56 Å². The first-order chi connectivity index (χ1) is 7.54. The van der Waals surface area contributed by atoms with Gasteiger partial charge < -0.3 is 15.6 Å². The van der Waals surface area contributed by atoms with E-state index in [2.05, 4.69) is 10.5 Å². The first-order valence-corrected chi connectivity index (χ1v) is 4.89. The van der Waals surface area contributed by atoms with Gasteiger partial charge in [0, 0.05) is 5.56 Å². The molecule has 86 valence electrons. The van der Waals surface area contributed by atoms with Gasteiger partial charge in [0.25, 0.3) is 0 Å². The topological polar surface area (TPSA) is 81.9 Å². The lowest BCUT2D eigenvalue weighted by molar-refractivity contribution is 0.191. The lowest BCUT2D eigenvalue weighted by Crippen LogP contribution is -2.24. The summed E-state index contributed by atoms with van der Waals surface area (Å²) < 4.78 is 0. The summed E-state index contributed by atoms with van der Waals surface area (Å²) >= 11 is 5.64. The molecule has 0 radical (unpaired) electrons. The summed E-state index contributed by atoms with van der Waals surface area (Å²) in [6, 6.07) is 6.42. The summed E-state index contributed by atoms with van der Waals surface area (Å²) in [7, 11) is 0. The van der Waals surface area contributed by atoms with Crippen LogP contribution in [0.4, 0.5) is 4.79 Å². The zero-order chi connectivity index (χ0) is 12.1. The van der Waals surface area contributed by atoms with Crippen molar-refractivity contribution < 1.29 is 15.1 Å². The van der Waals surface area contributed by atoms with Gasteiger partial charge in [0.2, 0.25) is 0 Å².